The Bertz CT molecular complexity index is 388. The fourth-order valence-electron chi connectivity index (χ4n) is 1.41. The Labute approximate surface area is 87.7 Å². The van der Waals surface area contributed by atoms with Crippen LogP contribution < -0.4 is 5.32 Å². The summed E-state index contributed by atoms with van der Waals surface area (Å²) >= 11 is 0. The van der Waals surface area contributed by atoms with Gasteiger partial charge in [0.25, 0.3) is 5.69 Å². The topological polar surface area (TPSA) is 68.1 Å². The van der Waals surface area contributed by atoms with Gasteiger partial charge in [-0.15, -0.1) is 0 Å². The maximum absolute atomic E-state index is 10.5. The average molecular weight is 207 g/mol. The Morgan fingerprint density at radius 3 is 2.93 bits per heavy atom. The molecule has 0 unspecified atom stereocenters. The maximum atomic E-state index is 10.5. The average Bonchev–Trinajstić information content (AvgIpc) is 2.99. The van der Waals surface area contributed by atoms with Gasteiger partial charge in [0, 0.05) is 12.6 Å². The van der Waals surface area contributed by atoms with Crippen molar-refractivity contribution in [2.45, 2.75) is 19.8 Å². The first-order valence-electron chi connectivity index (χ1n) is 5.01. The van der Waals surface area contributed by atoms with Gasteiger partial charge in [-0.05, 0) is 31.2 Å². The zero-order valence-electron chi connectivity index (χ0n) is 8.56. The molecule has 1 N–H and O–H groups in total. The highest BCUT2D eigenvalue weighted by atomic mass is 16.6. The van der Waals surface area contributed by atoms with Gasteiger partial charge in [0.15, 0.2) is 0 Å². The Balaban J connectivity index is 2.07. The first-order chi connectivity index (χ1) is 7.16. The van der Waals surface area contributed by atoms with Crippen LogP contribution in [0.4, 0.5) is 11.5 Å². The summed E-state index contributed by atoms with van der Waals surface area (Å²) in [7, 11) is 0. The first-order valence-corrected chi connectivity index (χ1v) is 5.01. The van der Waals surface area contributed by atoms with E-state index in [4.69, 9.17) is 0 Å². The zero-order chi connectivity index (χ0) is 10.8. The summed E-state index contributed by atoms with van der Waals surface area (Å²) in [5, 5.41) is 13.7. The van der Waals surface area contributed by atoms with Gasteiger partial charge in [-0.2, -0.15) is 0 Å². The summed E-state index contributed by atoms with van der Waals surface area (Å²) < 4.78 is 0. The number of rotatable bonds is 4. The van der Waals surface area contributed by atoms with E-state index in [0.717, 1.165) is 23.8 Å². The van der Waals surface area contributed by atoms with E-state index in [9.17, 15) is 10.1 Å². The monoisotopic (exact) mass is 207 g/mol. The molecule has 5 heteroatoms. The van der Waals surface area contributed by atoms with E-state index < -0.39 is 4.92 Å². The third-order valence-electron chi connectivity index (χ3n) is 2.53. The predicted molar refractivity (Wildman–Crippen MR) is 56.8 cm³/mol. The number of pyridine rings is 1. The lowest BCUT2D eigenvalue weighted by atomic mass is 10.2. The van der Waals surface area contributed by atoms with Crippen molar-refractivity contribution >= 4 is 11.5 Å². The van der Waals surface area contributed by atoms with Crippen molar-refractivity contribution in [3.8, 4) is 0 Å². The summed E-state index contributed by atoms with van der Waals surface area (Å²) in [5.74, 6) is 1.52. The second kappa shape index (κ2) is 3.84. The molecule has 0 aliphatic heterocycles. The molecule has 0 amide bonds. The molecule has 0 atom stereocenters. The molecule has 2 rings (SSSR count). The Morgan fingerprint density at radius 1 is 1.67 bits per heavy atom. The lowest BCUT2D eigenvalue weighted by molar-refractivity contribution is -0.385. The predicted octanol–water partition coefficient (Wildman–Crippen LogP) is 2.12. The molecule has 1 aliphatic rings. The molecule has 0 spiro atoms. The first kappa shape index (κ1) is 9.89. The summed E-state index contributed by atoms with van der Waals surface area (Å²) in [4.78, 5) is 14.1. The maximum Gasteiger partial charge on any atom is 0.287 e. The van der Waals surface area contributed by atoms with Gasteiger partial charge in [-0.25, -0.2) is 4.98 Å². The highest BCUT2D eigenvalue weighted by Crippen LogP contribution is 2.29. The number of nitro groups is 1. The number of hydrogen-bond acceptors (Lipinski definition) is 4. The minimum atomic E-state index is -0.426. The van der Waals surface area contributed by atoms with Gasteiger partial charge < -0.3 is 5.32 Å². The van der Waals surface area contributed by atoms with Crippen LogP contribution >= 0.6 is 0 Å². The van der Waals surface area contributed by atoms with E-state index in [0.29, 0.717) is 0 Å². The lowest BCUT2D eigenvalue weighted by Gasteiger charge is -2.06. The Hall–Kier alpha value is -1.65. The molecule has 15 heavy (non-hydrogen) atoms. The van der Waals surface area contributed by atoms with E-state index in [2.05, 4.69) is 10.3 Å². The van der Waals surface area contributed by atoms with Crippen molar-refractivity contribution in [1.82, 2.24) is 4.98 Å². The number of aromatic nitrogens is 1. The molecule has 0 radical (unpaired) electrons. The lowest BCUT2D eigenvalue weighted by Crippen LogP contribution is -2.06. The van der Waals surface area contributed by atoms with Gasteiger partial charge in [0.05, 0.1) is 4.92 Å². The second-order valence-electron chi connectivity index (χ2n) is 3.94. The molecule has 1 saturated carbocycles. The number of nitrogens with one attached hydrogen (secondary N) is 1. The van der Waals surface area contributed by atoms with E-state index in [1.807, 2.05) is 6.92 Å². The van der Waals surface area contributed by atoms with Crippen molar-refractivity contribution in [1.29, 1.82) is 0 Å². The molecular weight excluding hydrogens is 194 g/mol. The van der Waals surface area contributed by atoms with Gasteiger partial charge >= 0.3 is 0 Å². The Morgan fingerprint density at radius 2 is 2.40 bits per heavy atom. The van der Waals surface area contributed by atoms with Crippen molar-refractivity contribution in [2.24, 2.45) is 5.92 Å². The summed E-state index contributed by atoms with van der Waals surface area (Å²) in [6.07, 6.45) is 3.85. The molecule has 80 valence electrons. The van der Waals surface area contributed by atoms with Crippen molar-refractivity contribution in [3.63, 3.8) is 0 Å². The molecule has 0 aromatic carbocycles. The highest BCUT2D eigenvalue weighted by Gasteiger charge is 2.21. The van der Waals surface area contributed by atoms with Crippen LogP contribution in [0.1, 0.15) is 18.4 Å². The van der Waals surface area contributed by atoms with Crippen LogP contribution in [0.15, 0.2) is 12.3 Å². The number of aryl methyl sites for hydroxylation is 1. The molecule has 0 bridgehead atoms. The van der Waals surface area contributed by atoms with Gasteiger partial charge in [0.1, 0.15) is 12.0 Å². The van der Waals surface area contributed by atoms with Crippen molar-refractivity contribution in [3.05, 3.63) is 27.9 Å². The van der Waals surface area contributed by atoms with E-state index in [1.54, 1.807) is 6.07 Å². The standard InChI is InChI=1S/C10H13N3O2/c1-7-4-9(13(14)15)6-12-10(7)11-5-8-2-3-8/h4,6,8H,2-3,5H2,1H3,(H,11,12). The van der Waals surface area contributed by atoms with E-state index >= 15 is 0 Å². The van der Waals surface area contributed by atoms with Crippen LogP contribution in [0.25, 0.3) is 0 Å². The smallest absolute Gasteiger partial charge is 0.287 e. The molecule has 1 heterocycles. The van der Waals surface area contributed by atoms with Crippen LogP contribution in [0, 0.1) is 23.0 Å². The summed E-state index contributed by atoms with van der Waals surface area (Å²) in [6, 6.07) is 1.54. The SMILES string of the molecule is Cc1cc([N+](=O)[O-])cnc1NCC1CC1. The minimum absolute atomic E-state index is 0.0458. The van der Waals surface area contributed by atoms with Crippen molar-refractivity contribution < 1.29 is 4.92 Å². The largest absolute Gasteiger partial charge is 0.370 e. The molecule has 5 nitrogen and oxygen atoms in total. The normalized spacial score (nSPS) is 15.0. The molecule has 1 aromatic heterocycles. The van der Waals surface area contributed by atoms with Crippen LogP contribution in [0.5, 0.6) is 0 Å². The minimum Gasteiger partial charge on any atom is -0.370 e. The number of anilines is 1. The fourth-order valence-corrected chi connectivity index (χ4v) is 1.41. The molecule has 1 fully saturated rings. The third-order valence-corrected chi connectivity index (χ3v) is 2.53. The molecule has 1 aliphatic carbocycles. The summed E-state index contributed by atoms with van der Waals surface area (Å²) in [6.45, 7) is 2.75. The Kier molecular flexibility index (Phi) is 2.53. The number of nitrogens with zero attached hydrogens (tertiary/aromatic N) is 2. The van der Waals surface area contributed by atoms with Gasteiger partial charge in [0.2, 0.25) is 0 Å². The second-order valence-corrected chi connectivity index (χ2v) is 3.94. The summed E-state index contributed by atoms with van der Waals surface area (Å²) in [5.41, 5.74) is 0.870. The van der Waals surface area contributed by atoms with Gasteiger partial charge in [-0.1, -0.05) is 0 Å². The molecule has 0 saturated heterocycles. The van der Waals surface area contributed by atoms with E-state index in [1.165, 1.54) is 19.0 Å². The van der Waals surface area contributed by atoms with Crippen LogP contribution in [-0.2, 0) is 0 Å². The van der Waals surface area contributed by atoms with E-state index in [-0.39, 0.29) is 5.69 Å². The zero-order valence-corrected chi connectivity index (χ0v) is 8.56. The number of hydrogen-bond donors (Lipinski definition) is 1. The molecule has 1 aromatic rings. The van der Waals surface area contributed by atoms with Crippen LogP contribution in [-0.4, -0.2) is 16.5 Å². The van der Waals surface area contributed by atoms with Gasteiger partial charge in [-0.3, -0.25) is 10.1 Å². The molecular formula is C10H13N3O2. The van der Waals surface area contributed by atoms with Crippen LogP contribution in [0.2, 0.25) is 0 Å². The third kappa shape index (κ3) is 2.43. The van der Waals surface area contributed by atoms with Crippen LogP contribution in [0.3, 0.4) is 0 Å². The fraction of sp³-hybridized carbons (Fsp3) is 0.500. The quantitative estimate of drug-likeness (QED) is 0.606. The van der Waals surface area contributed by atoms with Crippen molar-refractivity contribution in [2.75, 3.05) is 11.9 Å². The highest BCUT2D eigenvalue weighted by molar-refractivity contribution is 5.48.